The number of aliphatic hydroxyl groups excluding tert-OH is 1. The van der Waals surface area contributed by atoms with Gasteiger partial charge in [0.05, 0.1) is 6.10 Å². The van der Waals surface area contributed by atoms with E-state index in [1.807, 2.05) is 0 Å². The van der Waals surface area contributed by atoms with Crippen molar-refractivity contribution in [2.45, 2.75) is 26.6 Å². The highest BCUT2D eigenvalue weighted by atomic mass is 19.1. The Morgan fingerprint density at radius 1 is 1.50 bits per heavy atom. The summed E-state index contributed by atoms with van der Waals surface area (Å²) in [5, 5.41) is 13.2. The number of aryl methyl sites for hydroxylation is 1. The number of aliphatic hydroxyl groups is 1. The van der Waals surface area contributed by atoms with E-state index in [2.05, 4.69) is 10.1 Å². The van der Waals surface area contributed by atoms with Gasteiger partial charge in [0.2, 0.25) is 0 Å². The molecule has 0 aliphatic heterocycles. The Morgan fingerprint density at radius 2 is 2.28 bits per heavy atom. The second kappa shape index (κ2) is 5.14. The fourth-order valence-electron chi connectivity index (χ4n) is 1.52. The molecular formula is C12H13FN2O3. The fraction of sp³-hybridized carbons (Fsp3) is 0.333. The maximum atomic E-state index is 13.1. The SMILES string of the molecule is Cc1noc(COc2cc(F)ccc2[C@@H](C)O)n1. The summed E-state index contributed by atoms with van der Waals surface area (Å²) in [5.41, 5.74) is 0.507. The predicted octanol–water partition coefficient (Wildman–Crippen LogP) is 2.15. The summed E-state index contributed by atoms with van der Waals surface area (Å²) >= 11 is 0. The molecule has 96 valence electrons. The van der Waals surface area contributed by atoms with Gasteiger partial charge in [-0.1, -0.05) is 5.16 Å². The maximum absolute atomic E-state index is 13.1. The molecule has 0 unspecified atom stereocenters. The Kier molecular flexibility index (Phi) is 3.57. The maximum Gasteiger partial charge on any atom is 0.264 e. The molecule has 2 rings (SSSR count). The number of hydrogen-bond donors (Lipinski definition) is 1. The zero-order valence-electron chi connectivity index (χ0n) is 10.1. The minimum Gasteiger partial charge on any atom is -0.483 e. The van der Waals surface area contributed by atoms with Crippen molar-refractivity contribution in [3.8, 4) is 5.75 Å². The molecule has 6 heteroatoms. The second-order valence-corrected chi connectivity index (χ2v) is 3.88. The number of halogens is 1. The minimum absolute atomic E-state index is 0.0318. The third-order valence-electron chi connectivity index (χ3n) is 2.35. The number of benzene rings is 1. The van der Waals surface area contributed by atoms with E-state index >= 15 is 0 Å². The molecule has 0 spiro atoms. The van der Waals surface area contributed by atoms with Gasteiger partial charge >= 0.3 is 0 Å². The smallest absolute Gasteiger partial charge is 0.264 e. The second-order valence-electron chi connectivity index (χ2n) is 3.88. The van der Waals surface area contributed by atoms with Crippen LogP contribution in [0.25, 0.3) is 0 Å². The molecule has 0 amide bonds. The monoisotopic (exact) mass is 252 g/mol. The highest BCUT2D eigenvalue weighted by Gasteiger charge is 2.12. The Hall–Kier alpha value is -1.95. The first-order chi connectivity index (χ1) is 8.56. The lowest BCUT2D eigenvalue weighted by Crippen LogP contribution is -2.02. The van der Waals surface area contributed by atoms with Crippen molar-refractivity contribution < 1.29 is 18.8 Å². The first-order valence-electron chi connectivity index (χ1n) is 5.46. The van der Waals surface area contributed by atoms with Crippen LogP contribution in [0.15, 0.2) is 22.7 Å². The van der Waals surface area contributed by atoms with Crippen LogP contribution in [0.2, 0.25) is 0 Å². The number of nitrogens with zero attached hydrogens (tertiary/aromatic N) is 2. The number of aromatic nitrogens is 2. The number of rotatable bonds is 4. The molecule has 0 bridgehead atoms. The van der Waals surface area contributed by atoms with Gasteiger partial charge in [0, 0.05) is 11.6 Å². The highest BCUT2D eigenvalue weighted by molar-refractivity contribution is 5.35. The van der Waals surface area contributed by atoms with Gasteiger partial charge in [-0.2, -0.15) is 4.98 Å². The largest absolute Gasteiger partial charge is 0.483 e. The molecule has 1 aromatic carbocycles. The molecule has 1 atom stereocenters. The Balaban J connectivity index is 2.15. The van der Waals surface area contributed by atoms with Gasteiger partial charge in [0.25, 0.3) is 5.89 Å². The van der Waals surface area contributed by atoms with Crippen molar-refractivity contribution in [1.29, 1.82) is 0 Å². The number of ether oxygens (including phenoxy) is 1. The number of hydrogen-bond acceptors (Lipinski definition) is 5. The zero-order chi connectivity index (χ0) is 13.1. The van der Waals surface area contributed by atoms with Gasteiger partial charge < -0.3 is 14.4 Å². The Morgan fingerprint density at radius 3 is 2.89 bits per heavy atom. The van der Waals surface area contributed by atoms with Crippen LogP contribution >= 0.6 is 0 Å². The Labute approximate surface area is 103 Å². The average Bonchev–Trinajstić information content (AvgIpc) is 2.72. The first-order valence-corrected chi connectivity index (χ1v) is 5.46. The van der Waals surface area contributed by atoms with E-state index in [1.165, 1.54) is 18.2 Å². The van der Waals surface area contributed by atoms with Gasteiger partial charge in [-0.15, -0.1) is 0 Å². The molecule has 1 N–H and O–H groups in total. The third-order valence-corrected chi connectivity index (χ3v) is 2.35. The molecule has 0 aliphatic rings. The summed E-state index contributed by atoms with van der Waals surface area (Å²) in [6, 6.07) is 3.96. The molecule has 0 saturated carbocycles. The quantitative estimate of drug-likeness (QED) is 0.902. The van der Waals surface area contributed by atoms with E-state index in [0.29, 0.717) is 17.3 Å². The summed E-state index contributed by atoms with van der Waals surface area (Å²) in [6.45, 7) is 3.30. The van der Waals surface area contributed by atoms with Gasteiger partial charge in [0.15, 0.2) is 12.4 Å². The van der Waals surface area contributed by atoms with Crippen molar-refractivity contribution in [1.82, 2.24) is 10.1 Å². The van der Waals surface area contributed by atoms with Crippen LogP contribution in [0.1, 0.15) is 30.3 Å². The lowest BCUT2D eigenvalue weighted by atomic mass is 10.1. The molecule has 0 aliphatic carbocycles. The molecule has 5 nitrogen and oxygen atoms in total. The molecule has 0 saturated heterocycles. The summed E-state index contributed by atoms with van der Waals surface area (Å²) in [4.78, 5) is 3.96. The van der Waals surface area contributed by atoms with Gasteiger partial charge in [-0.3, -0.25) is 0 Å². The summed E-state index contributed by atoms with van der Waals surface area (Å²) < 4.78 is 23.4. The third kappa shape index (κ3) is 2.84. The average molecular weight is 252 g/mol. The van der Waals surface area contributed by atoms with E-state index in [0.717, 1.165) is 0 Å². The van der Waals surface area contributed by atoms with E-state index in [1.54, 1.807) is 13.8 Å². The van der Waals surface area contributed by atoms with E-state index < -0.39 is 11.9 Å². The van der Waals surface area contributed by atoms with Crippen LogP contribution in [-0.4, -0.2) is 15.2 Å². The van der Waals surface area contributed by atoms with E-state index in [9.17, 15) is 9.50 Å². The molecule has 1 heterocycles. The topological polar surface area (TPSA) is 68.4 Å². The van der Waals surface area contributed by atoms with Crippen LogP contribution < -0.4 is 4.74 Å². The zero-order valence-corrected chi connectivity index (χ0v) is 10.1. The van der Waals surface area contributed by atoms with Crippen molar-refractivity contribution in [3.05, 3.63) is 41.3 Å². The molecular weight excluding hydrogens is 239 g/mol. The first kappa shape index (κ1) is 12.5. The Bertz CT molecular complexity index is 540. The van der Waals surface area contributed by atoms with Crippen LogP contribution in [-0.2, 0) is 6.61 Å². The summed E-state index contributed by atoms with van der Waals surface area (Å²) in [7, 11) is 0. The van der Waals surface area contributed by atoms with Crippen molar-refractivity contribution >= 4 is 0 Å². The lowest BCUT2D eigenvalue weighted by Gasteiger charge is -2.12. The van der Waals surface area contributed by atoms with Gasteiger partial charge in [-0.25, -0.2) is 4.39 Å². The van der Waals surface area contributed by atoms with Crippen molar-refractivity contribution in [2.24, 2.45) is 0 Å². The standard InChI is InChI=1S/C12H13FN2O3/c1-7(16)10-4-3-9(13)5-11(10)17-6-12-14-8(2)15-18-12/h3-5,7,16H,6H2,1-2H3/t7-/m1/s1. The van der Waals surface area contributed by atoms with Crippen molar-refractivity contribution in [2.75, 3.05) is 0 Å². The van der Waals surface area contributed by atoms with Crippen LogP contribution in [0.3, 0.4) is 0 Å². The van der Waals surface area contributed by atoms with E-state index in [4.69, 9.17) is 9.26 Å². The summed E-state index contributed by atoms with van der Waals surface area (Å²) in [5.74, 6) is 0.633. The minimum atomic E-state index is -0.745. The molecule has 2 aromatic rings. The van der Waals surface area contributed by atoms with Gasteiger partial charge in [0.1, 0.15) is 11.6 Å². The normalized spacial score (nSPS) is 12.4. The highest BCUT2D eigenvalue weighted by Crippen LogP contribution is 2.26. The van der Waals surface area contributed by atoms with Crippen LogP contribution in [0, 0.1) is 12.7 Å². The van der Waals surface area contributed by atoms with Crippen molar-refractivity contribution in [3.63, 3.8) is 0 Å². The van der Waals surface area contributed by atoms with Crippen LogP contribution in [0.5, 0.6) is 5.75 Å². The van der Waals surface area contributed by atoms with E-state index in [-0.39, 0.29) is 12.4 Å². The molecule has 1 aromatic heterocycles. The molecule has 18 heavy (non-hydrogen) atoms. The molecule has 0 fully saturated rings. The lowest BCUT2D eigenvalue weighted by molar-refractivity contribution is 0.185. The van der Waals surface area contributed by atoms with Crippen LogP contribution in [0.4, 0.5) is 4.39 Å². The van der Waals surface area contributed by atoms with Gasteiger partial charge in [-0.05, 0) is 26.0 Å². The fourth-order valence-corrected chi connectivity index (χ4v) is 1.52. The molecule has 0 radical (unpaired) electrons. The summed E-state index contributed by atoms with van der Waals surface area (Å²) in [6.07, 6.45) is -0.745. The predicted molar refractivity (Wildman–Crippen MR) is 60.4 cm³/mol.